The number of amides is 1. The van der Waals surface area contributed by atoms with Crippen molar-refractivity contribution in [2.24, 2.45) is 0 Å². The van der Waals surface area contributed by atoms with Crippen LogP contribution in [-0.4, -0.2) is 162 Å². The molecule has 0 bridgehead atoms. The molecule has 18 nitrogen and oxygen atoms in total. The SMILES string of the molecule is C=CC(=O)N1CCN(c2nc(OC[C@@H]3CCCN3C)nc3c2CCN(c2c(C(C)C)ccc4[nH]ncc24)C3)CC1.CC(=O)c1ccc(F)cc1Br.CC(C)(O)c1ccc(F)cc1Br.CC(C)c1ccc(F)c(C=O)c1Br.CC(C)c1ccc(F)cc1Br.CC(C)c1ccc2[nH]ncc2c1Br.CC(C)c1ccc2c(cnn2C2CCCCO2)c1Br.S.[Br-].[CH3-].[Mg+2]. The summed E-state index contributed by atoms with van der Waals surface area (Å²) in [6.07, 6.45) is 14.4. The molecule has 4 aliphatic heterocycles. The summed E-state index contributed by atoms with van der Waals surface area (Å²) < 4.78 is 69.7. The second-order valence-corrected chi connectivity index (χ2v) is 36.7. The zero-order chi connectivity index (χ0) is 86.9. The number of benzene rings is 7. The minimum absolute atomic E-state index is 0. The number of halogens is 11. The Kier molecular flexibility index (Phi) is 43.9. The number of aromatic nitrogens is 8. The van der Waals surface area contributed by atoms with Gasteiger partial charge in [0.1, 0.15) is 35.7 Å². The van der Waals surface area contributed by atoms with Crippen LogP contribution in [0.1, 0.15) is 223 Å². The van der Waals surface area contributed by atoms with Crippen LogP contribution in [0.25, 0.3) is 32.7 Å². The van der Waals surface area contributed by atoms with E-state index in [4.69, 9.17) is 19.4 Å². The molecule has 15 rings (SSSR count). The number of ketones is 1. The third-order valence-electron chi connectivity index (χ3n) is 21.1. The number of ether oxygens (including phenoxy) is 2. The molecule has 0 saturated carbocycles. The van der Waals surface area contributed by atoms with Crippen LogP contribution in [0.4, 0.5) is 29.1 Å². The van der Waals surface area contributed by atoms with Gasteiger partial charge in [0, 0.05) is 99.5 Å². The molecular formula is C92H111Br7F4MgN12O6S. The van der Waals surface area contributed by atoms with Gasteiger partial charge >= 0.3 is 29.1 Å². The number of H-pyrrole nitrogens is 2. The molecule has 660 valence electrons. The summed E-state index contributed by atoms with van der Waals surface area (Å²) in [5, 5.41) is 32.1. The first-order chi connectivity index (χ1) is 56.5. The predicted molar refractivity (Wildman–Crippen MR) is 513 cm³/mol. The summed E-state index contributed by atoms with van der Waals surface area (Å²) in [6.45, 7) is 36.7. The second-order valence-electron chi connectivity index (χ2n) is 31.8. The average Bonchev–Trinajstić information content (AvgIpc) is 1.76. The van der Waals surface area contributed by atoms with Gasteiger partial charge in [-0.25, -0.2) is 22.2 Å². The van der Waals surface area contributed by atoms with Crippen molar-refractivity contribution in [2.45, 2.75) is 183 Å². The molecule has 0 spiro atoms. The summed E-state index contributed by atoms with van der Waals surface area (Å²) >= 11 is 20.1. The van der Waals surface area contributed by atoms with E-state index in [0.29, 0.717) is 92.8 Å². The van der Waals surface area contributed by atoms with Crippen molar-refractivity contribution in [2.75, 3.05) is 69.3 Å². The standard InChI is InChI=1S/C30H40N8O2.C15H19BrN2O.C10H10BrFO.C10H11BrN2.C9H10BrFO.C9H10BrF.C8H6BrFO.CH3.BrH.Mg.H2S/c1-5-27(39)36-13-15-37(16-14-36)29-23-10-12-38(28-22(20(2)3)8-9-25-24(28)17-31-34-25)18-26(23)32-30(33-29)40-19-21-7-6-11-35(21)4;1-10(2)11-6-7-13-12(15(11)16)9-17-18(13)14-5-3-4-8-19-14;1-6(2)7-3-4-9(12)8(5-13)10(7)11;1-6(2)7-3-4-9-8(10(7)11)5-12-13-9;1-9(2,12)7-4-3-6(11)5-8(7)10;1-6(2)8-4-3-7(11)5-9(8)10;1-5(11)7-3-2-6(10)4-8(7)9;;;;/h5,8-9,17,20-21H,1,6-7,10-16,18-19H2,2-4H3,(H,31,34);6-7,9-10,14H,3-5,8H2,1-2H3;3-6H,1-2H3;3-6H,1-2H3,(H,12,13);3-5,12H,1-2H3;3-6H,1-2H3;2-4H,1H3;1H3;1H;;1H2/q;;;;;;;-1;;+2;/p-1/t21-;;;;;;;;;;/m0........../s1. The van der Waals surface area contributed by atoms with Crippen LogP contribution in [-0.2, 0) is 28.1 Å². The van der Waals surface area contributed by atoms with Gasteiger partial charge in [0.2, 0.25) is 5.91 Å². The number of aromatic amines is 2. The Morgan fingerprint density at radius 2 is 1.17 bits per heavy atom. The number of aliphatic hydroxyl groups is 1. The normalized spacial score (nSPS) is 14.9. The van der Waals surface area contributed by atoms with E-state index in [9.17, 15) is 37.1 Å². The molecule has 31 heteroatoms. The van der Waals surface area contributed by atoms with Crippen molar-refractivity contribution in [3.63, 3.8) is 0 Å². The first kappa shape index (κ1) is 108. The van der Waals surface area contributed by atoms with E-state index in [1.165, 1.54) is 112 Å². The molecule has 4 aromatic heterocycles. The topological polar surface area (TPSA) is 204 Å². The monoisotopic (exact) mass is 2160 g/mol. The van der Waals surface area contributed by atoms with E-state index in [2.05, 4.69) is 241 Å². The van der Waals surface area contributed by atoms with Crippen molar-refractivity contribution in [3.05, 3.63) is 248 Å². The van der Waals surface area contributed by atoms with Crippen LogP contribution in [0, 0.1) is 30.7 Å². The van der Waals surface area contributed by atoms with Crippen LogP contribution < -0.4 is 31.5 Å². The number of hydrogen-bond donors (Lipinski definition) is 3. The molecule has 123 heavy (non-hydrogen) atoms. The van der Waals surface area contributed by atoms with Crippen LogP contribution in [0.3, 0.4) is 0 Å². The van der Waals surface area contributed by atoms with Gasteiger partial charge in [-0.05, 0) is 272 Å². The zero-order valence-electron chi connectivity index (χ0n) is 72.4. The number of carbonyl (C=O) groups excluding carboxylic acids is 3. The first-order valence-electron chi connectivity index (χ1n) is 40.0. The smallest absolute Gasteiger partial charge is 1.00 e. The Labute approximate surface area is 805 Å². The molecule has 11 aromatic rings. The van der Waals surface area contributed by atoms with Crippen molar-refractivity contribution in [3.8, 4) is 6.01 Å². The fraction of sp³-hybridized carbons (Fsp3) is 0.402. The number of anilines is 2. The fourth-order valence-corrected chi connectivity index (χ4v) is 19.3. The van der Waals surface area contributed by atoms with Gasteiger partial charge < -0.3 is 58.6 Å². The third-order valence-corrected chi connectivity index (χ3v) is 25.8. The summed E-state index contributed by atoms with van der Waals surface area (Å²) in [7, 11) is 2.16. The average molecular weight is 2170 g/mol. The Morgan fingerprint density at radius 3 is 1.71 bits per heavy atom. The van der Waals surface area contributed by atoms with Crippen molar-refractivity contribution in [1.29, 1.82) is 0 Å². The number of likely N-dealkylation sites (tertiary alicyclic amines) is 1. The van der Waals surface area contributed by atoms with Crippen molar-refractivity contribution in [1.82, 2.24) is 49.9 Å². The minimum atomic E-state index is -0.938. The molecule has 2 atom stereocenters. The van der Waals surface area contributed by atoms with E-state index < -0.39 is 11.4 Å². The van der Waals surface area contributed by atoms with Gasteiger partial charge in [0.15, 0.2) is 18.3 Å². The zero-order valence-corrected chi connectivity index (χ0v) is 85.9. The van der Waals surface area contributed by atoms with Crippen LogP contribution in [0.5, 0.6) is 6.01 Å². The van der Waals surface area contributed by atoms with E-state index in [-0.39, 0.29) is 108 Å². The molecule has 4 aliphatic rings. The number of carbonyl (C=O) groups is 3. The molecule has 3 saturated heterocycles. The molecule has 0 aliphatic carbocycles. The number of hydrogen-bond acceptors (Lipinski definition) is 14. The first-order valence-corrected chi connectivity index (χ1v) is 44.8. The van der Waals surface area contributed by atoms with E-state index in [1.54, 1.807) is 26.0 Å². The van der Waals surface area contributed by atoms with Gasteiger partial charge in [-0.2, -0.15) is 38.8 Å². The van der Waals surface area contributed by atoms with E-state index >= 15 is 0 Å². The van der Waals surface area contributed by atoms with Crippen LogP contribution in [0.15, 0.2) is 161 Å². The van der Waals surface area contributed by atoms with Crippen LogP contribution >= 0.6 is 109 Å². The van der Waals surface area contributed by atoms with Crippen LogP contribution in [0.2, 0.25) is 0 Å². The number of piperazine rings is 1. The Bertz CT molecular complexity index is 5330. The number of nitrogens with one attached hydrogen (secondary N) is 2. The molecule has 3 fully saturated rings. The van der Waals surface area contributed by atoms with Crippen molar-refractivity contribution >= 4 is 194 Å². The number of Topliss-reactive ketones (excluding diaryl/α,β-unsaturated/α-hetero) is 1. The number of aldehydes is 1. The molecular weight excluding hydrogens is 2060 g/mol. The predicted octanol–water partition coefficient (Wildman–Crippen LogP) is 21.4. The van der Waals surface area contributed by atoms with Crippen molar-refractivity contribution < 1.29 is 63.5 Å². The molecule has 1 amide bonds. The number of likely N-dealkylation sites (N-methyl/N-ethyl adjacent to an activating group) is 1. The fourth-order valence-electron chi connectivity index (χ4n) is 14.4. The number of nitrogens with zero attached hydrogens (tertiary/aromatic N) is 10. The summed E-state index contributed by atoms with van der Waals surface area (Å²) in [5.41, 5.74) is 13.1. The third kappa shape index (κ3) is 28.5. The maximum atomic E-state index is 13.0. The van der Waals surface area contributed by atoms with E-state index in [0.717, 1.165) is 117 Å². The van der Waals surface area contributed by atoms with Gasteiger partial charge in [-0.15, -0.1) is 0 Å². The number of fused-ring (bicyclic) bond motifs is 4. The number of rotatable bonds is 15. The van der Waals surface area contributed by atoms with Gasteiger partial charge in [-0.1, -0.05) is 144 Å². The van der Waals surface area contributed by atoms with E-state index in [1.807, 2.05) is 48.1 Å². The maximum absolute atomic E-state index is 13.0. The second kappa shape index (κ2) is 50.1. The molecule has 3 N–H and O–H groups in total. The Balaban J connectivity index is 0.000000274. The summed E-state index contributed by atoms with van der Waals surface area (Å²) in [6, 6.07) is 29.8. The van der Waals surface area contributed by atoms with Gasteiger partial charge in [0.25, 0.3) is 0 Å². The quantitative estimate of drug-likeness (QED) is 0.0218. The van der Waals surface area contributed by atoms with Gasteiger partial charge in [-0.3, -0.25) is 24.6 Å². The largest absolute Gasteiger partial charge is 2.00 e. The summed E-state index contributed by atoms with van der Waals surface area (Å²) in [5.74, 6) is 1.67. The Morgan fingerprint density at radius 1 is 0.634 bits per heavy atom. The van der Waals surface area contributed by atoms with Gasteiger partial charge in [0.05, 0.1) is 64.2 Å². The Hall–Kier alpha value is -5.94. The molecule has 8 heterocycles. The molecule has 1 unspecified atom stereocenters. The molecule has 0 radical (unpaired) electrons. The minimum Gasteiger partial charge on any atom is -1.00 e. The summed E-state index contributed by atoms with van der Waals surface area (Å²) in [4.78, 5) is 52.5. The maximum Gasteiger partial charge on any atom is 2.00 e. The molecule has 7 aromatic carbocycles.